The second kappa shape index (κ2) is 5.81. The Hall–Kier alpha value is -0.340. The first-order valence-electron chi connectivity index (χ1n) is 9.00. The number of rotatable bonds is 3. The maximum absolute atomic E-state index is 2.85. The molecule has 1 saturated heterocycles. The lowest BCUT2D eigenvalue weighted by Gasteiger charge is -2.42. The molecule has 2 saturated carbocycles. The molecule has 0 aromatic heterocycles. The van der Waals surface area contributed by atoms with Crippen LogP contribution in [0.5, 0.6) is 0 Å². The Morgan fingerprint density at radius 3 is 2.45 bits per heavy atom. The van der Waals surface area contributed by atoms with Gasteiger partial charge in [0, 0.05) is 38.8 Å². The van der Waals surface area contributed by atoms with Gasteiger partial charge in [0.05, 0.1) is 0 Å². The standard InChI is InChI=1S/C18H30N2/c1-2-4-15(5-3-1)14-19-8-10-20(11-9-19)18-13-16-6-7-17(18)12-16/h1-2,15-18H,3-14H2/t15-,16+,17+,18+/m1/s1. The van der Waals surface area contributed by atoms with E-state index in [2.05, 4.69) is 22.0 Å². The van der Waals surface area contributed by atoms with Crippen LogP contribution < -0.4 is 0 Å². The van der Waals surface area contributed by atoms with Gasteiger partial charge in [0.15, 0.2) is 0 Å². The first kappa shape index (κ1) is 13.3. The van der Waals surface area contributed by atoms with Gasteiger partial charge in [0.2, 0.25) is 0 Å². The third kappa shape index (κ3) is 2.69. The van der Waals surface area contributed by atoms with Gasteiger partial charge in [-0.3, -0.25) is 4.90 Å². The predicted octanol–water partition coefficient (Wildman–Crippen LogP) is 3.15. The van der Waals surface area contributed by atoms with Crippen LogP contribution in [0.15, 0.2) is 12.2 Å². The lowest BCUT2D eigenvalue weighted by molar-refractivity contribution is 0.0631. The molecule has 0 aromatic carbocycles. The quantitative estimate of drug-likeness (QED) is 0.730. The van der Waals surface area contributed by atoms with Crippen molar-refractivity contribution in [2.75, 3.05) is 32.7 Å². The van der Waals surface area contributed by atoms with Crippen molar-refractivity contribution >= 4 is 0 Å². The van der Waals surface area contributed by atoms with E-state index in [0.29, 0.717) is 0 Å². The van der Waals surface area contributed by atoms with E-state index in [1.165, 1.54) is 71.2 Å². The minimum Gasteiger partial charge on any atom is -0.301 e. The van der Waals surface area contributed by atoms with Crippen molar-refractivity contribution < 1.29 is 0 Å². The first-order valence-corrected chi connectivity index (χ1v) is 9.00. The fourth-order valence-electron chi connectivity index (χ4n) is 5.32. The molecular formula is C18H30N2. The molecule has 4 rings (SSSR count). The van der Waals surface area contributed by atoms with E-state index in [1.54, 1.807) is 6.42 Å². The van der Waals surface area contributed by atoms with Gasteiger partial charge in [-0.2, -0.15) is 0 Å². The molecule has 2 bridgehead atoms. The lowest BCUT2D eigenvalue weighted by Crippen LogP contribution is -2.52. The number of hydrogen-bond donors (Lipinski definition) is 0. The summed E-state index contributed by atoms with van der Waals surface area (Å²) >= 11 is 0. The Balaban J connectivity index is 1.25. The first-order chi connectivity index (χ1) is 9.88. The normalized spacial score (nSPS) is 42.4. The summed E-state index contributed by atoms with van der Waals surface area (Å²) in [7, 11) is 0. The van der Waals surface area contributed by atoms with E-state index in [0.717, 1.165) is 23.8 Å². The van der Waals surface area contributed by atoms with Crippen molar-refractivity contribution in [3.63, 3.8) is 0 Å². The highest BCUT2D eigenvalue weighted by atomic mass is 15.3. The average molecular weight is 274 g/mol. The van der Waals surface area contributed by atoms with Gasteiger partial charge in [0.1, 0.15) is 0 Å². The van der Waals surface area contributed by atoms with Crippen LogP contribution in [0.4, 0.5) is 0 Å². The molecule has 20 heavy (non-hydrogen) atoms. The number of nitrogens with zero attached hydrogens (tertiary/aromatic N) is 2. The Labute approximate surface area is 124 Å². The molecule has 0 spiro atoms. The Bertz CT molecular complexity index is 356. The van der Waals surface area contributed by atoms with Crippen LogP contribution in [-0.2, 0) is 0 Å². The zero-order chi connectivity index (χ0) is 13.4. The van der Waals surface area contributed by atoms with Crippen LogP contribution in [0.1, 0.15) is 44.9 Å². The fraction of sp³-hybridized carbons (Fsp3) is 0.889. The molecule has 4 atom stereocenters. The topological polar surface area (TPSA) is 6.48 Å². The number of hydrogen-bond acceptors (Lipinski definition) is 2. The fourth-order valence-corrected chi connectivity index (χ4v) is 5.32. The zero-order valence-electron chi connectivity index (χ0n) is 12.8. The molecule has 2 heteroatoms. The van der Waals surface area contributed by atoms with Gasteiger partial charge in [-0.25, -0.2) is 0 Å². The summed E-state index contributed by atoms with van der Waals surface area (Å²) < 4.78 is 0. The van der Waals surface area contributed by atoms with Gasteiger partial charge in [-0.15, -0.1) is 0 Å². The average Bonchev–Trinajstić information content (AvgIpc) is 3.12. The van der Waals surface area contributed by atoms with Gasteiger partial charge in [-0.1, -0.05) is 18.6 Å². The predicted molar refractivity (Wildman–Crippen MR) is 83.7 cm³/mol. The highest BCUT2D eigenvalue weighted by Crippen LogP contribution is 2.46. The monoisotopic (exact) mass is 274 g/mol. The zero-order valence-corrected chi connectivity index (χ0v) is 12.8. The number of allylic oxidation sites excluding steroid dienone is 2. The van der Waals surface area contributed by atoms with Crippen LogP contribution in [0.25, 0.3) is 0 Å². The van der Waals surface area contributed by atoms with Crippen LogP contribution in [0, 0.1) is 17.8 Å². The van der Waals surface area contributed by atoms with Crippen LogP contribution in [0.2, 0.25) is 0 Å². The third-order valence-corrected chi connectivity index (χ3v) is 6.47. The second-order valence-electron chi connectivity index (χ2n) is 7.73. The summed E-state index contributed by atoms with van der Waals surface area (Å²) in [6.45, 7) is 6.70. The summed E-state index contributed by atoms with van der Waals surface area (Å²) in [5, 5.41) is 0. The molecule has 3 aliphatic carbocycles. The highest BCUT2D eigenvalue weighted by Gasteiger charge is 2.42. The van der Waals surface area contributed by atoms with E-state index in [4.69, 9.17) is 0 Å². The SMILES string of the molecule is C1=CC[C@@H](CN2CCN([C@H]3C[C@H]4CC[C@H]3C4)CC2)CC1. The molecule has 1 aliphatic heterocycles. The van der Waals surface area contributed by atoms with E-state index >= 15 is 0 Å². The van der Waals surface area contributed by atoms with Gasteiger partial charge in [-0.05, 0) is 56.3 Å². The van der Waals surface area contributed by atoms with Gasteiger partial charge in [0.25, 0.3) is 0 Å². The molecule has 0 aromatic rings. The Morgan fingerprint density at radius 1 is 0.900 bits per heavy atom. The lowest BCUT2D eigenvalue weighted by atomic mass is 9.92. The summed E-state index contributed by atoms with van der Waals surface area (Å²) in [6.07, 6.45) is 15.0. The molecule has 1 heterocycles. The molecule has 0 radical (unpaired) electrons. The summed E-state index contributed by atoms with van der Waals surface area (Å²) in [4.78, 5) is 5.59. The molecule has 0 unspecified atom stereocenters. The van der Waals surface area contributed by atoms with E-state index in [1.807, 2.05) is 0 Å². The number of piperazine rings is 1. The van der Waals surface area contributed by atoms with E-state index in [-0.39, 0.29) is 0 Å². The summed E-state index contributed by atoms with van der Waals surface area (Å²) in [5.41, 5.74) is 0. The Kier molecular flexibility index (Phi) is 3.87. The van der Waals surface area contributed by atoms with E-state index in [9.17, 15) is 0 Å². The second-order valence-corrected chi connectivity index (χ2v) is 7.73. The van der Waals surface area contributed by atoms with Crippen LogP contribution >= 0.6 is 0 Å². The van der Waals surface area contributed by atoms with Crippen molar-refractivity contribution in [2.45, 2.75) is 51.0 Å². The summed E-state index contributed by atoms with van der Waals surface area (Å²) in [6, 6.07) is 0.966. The summed E-state index contributed by atoms with van der Waals surface area (Å²) in [5.74, 6) is 3.10. The molecule has 4 aliphatic rings. The molecule has 2 nitrogen and oxygen atoms in total. The van der Waals surface area contributed by atoms with Gasteiger partial charge >= 0.3 is 0 Å². The van der Waals surface area contributed by atoms with Crippen molar-refractivity contribution in [1.29, 1.82) is 0 Å². The Morgan fingerprint density at radius 2 is 1.80 bits per heavy atom. The molecule has 112 valence electrons. The van der Waals surface area contributed by atoms with E-state index < -0.39 is 0 Å². The maximum Gasteiger partial charge on any atom is 0.0127 e. The smallest absolute Gasteiger partial charge is 0.0127 e. The maximum atomic E-state index is 2.85. The van der Waals surface area contributed by atoms with Crippen molar-refractivity contribution in [3.8, 4) is 0 Å². The van der Waals surface area contributed by atoms with Gasteiger partial charge < -0.3 is 4.90 Å². The molecule has 3 fully saturated rings. The number of fused-ring (bicyclic) bond motifs is 2. The van der Waals surface area contributed by atoms with Crippen molar-refractivity contribution in [3.05, 3.63) is 12.2 Å². The van der Waals surface area contributed by atoms with Crippen molar-refractivity contribution in [2.24, 2.45) is 17.8 Å². The minimum atomic E-state index is 0.939. The van der Waals surface area contributed by atoms with Crippen LogP contribution in [-0.4, -0.2) is 48.6 Å². The largest absolute Gasteiger partial charge is 0.301 e. The minimum absolute atomic E-state index is 0.939. The van der Waals surface area contributed by atoms with Crippen molar-refractivity contribution in [1.82, 2.24) is 9.80 Å². The molecular weight excluding hydrogens is 244 g/mol. The third-order valence-electron chi connectivity index (χ3n) is 6.47. The molecule has 0 N–H and O–H groups in total. The molecule has 0 amide bonds. The van der Waals surface area contributed by atoms with Crippen LogP contribution in [0.3, 0.4) is 0 Å². The highest BCUT2D eigenvalue weighted by molar-refractivity contribution is 4.97.